The topological polar surface area (TPSA) is 45.7 Å². The van der Waals surface area contributed by atoms with Crippen LogP contribution in [0.3, 0.4) is 0 Å². The summed E-state index contributed by atoms with van der Waals surface area (Å²) in [4.78, 5) is 21.7. The van der Waals surface area contributed by atoms with Gasteiger partial charge in [-0.15, -0.1) is 0 Å². The Kier molecular flexibility index (Phi) is 7.61. The SMILES string of the molecule is CCc1ccc2nc(N(CCCN(C)C)C(=O)CCOc3ccccc3)sc2c1. The lowest BCUT2D eigenvalue weighted by Crippen LogP contribution is -2.34. The van der Waals surface area contributed by atoms with Gasteiger partial charge in [0.1, 0.15) is 5.75 Å². The smallest absolute Gasteiger partial charge is 0.232 e. The Morgan fingerprint density at radius 1 is 1.10 bits per heavy atom. The van der Waals surface area contributed by atoms with E-state index in [4.69, 9.17) is 9.72 Å². The van der Waals surface area contributed by atoms with Gasteiger partial charge in [0, 0.05) is 6.54 Å². The van der Waals surface area contributed by atoms with Crippen LogP contribution >= 0.6 is 11.3 Å². The average Bonchev–Trinajstić information content (AvgIpc) is 3.14. The van der Waals surface area contributed by atoms with E-state index in [1.54, 1.807) is 11.3 Å². The molecule has 1 aromatic heterocycles. The van der Waals surface area contributed by atoms with Crippen LogP contribution in [-0.2, 0) is 11.2 Å². The molecule has 154 valence electrons. The molecule has 0 saturated carbocycles. The van der Waals surface area contributed by atoms with E-state index in [9.17, 15) is 4.79 Å². The van der Waals surface area contributed by atoms with Crippen molar-refractivity contribution in [3.8, 4) is 5.75 Å². The molecule has 1 amide bonds. The molecule has 3 rings (SSSR count). The Morgan fingerprint density at radius 3 is 2.62 bits per heavy atom. The summed E-state index contributed by atoms with van der Waals surface area (Å²) in [5.41, 5.74) is 2.24. The van der Waals surface area contributed by atoms with Crippen LogP contribution in [0.4, 0.5) is 5.13 Å². The number of benzene rings is 2. The monoisotopic (exact) mass is 411 g/mol. The van der Waals surface area contributed by atoms with Crippen molar-refractivity contribution in [2.24, 2.45) is 0 Å². The van der Waals surface area contributed by atoms with Gasteiger partial charge < -0.3 is 9.64 Å². The lowest BCUT2D eigenvalue weighted by molar-refractivity contribution is -0.119. The third kappa shape index (κ3) is 6.02. The number of para-hydroxylation sites is 1. The maximum Gasteiger partial charge on any atom is 0.232 e. The van der Waals surface area contributed by atoms with Gasteiger partial charge >= 0.3 is 0 Å². The highest BCUT2D eigenvalue weighted by atomic mass is 32.1. The second-order valence-corrected chi connectivity index (χ2v) is 8.27. The zero-order valence-electron chi connectivity index (χ0n) is 17.4. The largest absolute Gasteiger partial charge is 0.493 e. The summed E-state index contributed by atoms with van der Waals surface area (Å²) in [5, 5.41) is 0.775. The minimum Gasteiger partial charge on any atom is -0.493 e. The zero-order valence-corrected chi connectivity index (χ0v) is 18.2. The van der Waals surface area contributed by atoms with Gasteiger partial charge in [0.15, 0.2) is 5.13 Å². The van der Waals surface area contributed by atoms with Crippen LogP contribution in [0.1, 0.15) is 25.3 Å². The fourth-order valence-corrected chi connectivity index (χ4v) is 4.14. The van der Waals surface area contributed by atoms with Gasteiger partial charge in [0.25, 0.3) is 0 Å². The second-order valence-electron chi connectivity index (χ2n) is 7.27. The van der Waals surface area contributed by atoms with E-state index in [1.807, 2.05) is 49.3 Å². The van der Waals surface area contributed by atoms with Gasteiger partial charge in [-0.1, -0.05) is 42.5 Å². The van der Waals surface area contributed by atoms with E-state index in [0.717, 1.165) is 40.5 Å². The summed E-state index contributed by atoms with van der Waals surface area (Å²) in [6, 6.07) is 15.9. The van der Waals surface area contributed by atoms with Crippen molar-refractivity contribution >= 4 is 32.6 Å². The molecule has 0 atom stereocenters. The number of amides is 1. The molecule has 0 spiro atoms. The average molecular weight is 412 g/mol. The van der Waals surface area contributed by atoms with Crippen molar-refractivity contribution < 1.29 is 9.53 Å². The molecule has 1 heterocycles. The highest BCUT2D eigenvalue weighted by Crippen LogP contribution is 2.30. The molecule has 0 unspecified atom stereocenters. The Labute approximate surface area is 176 Å². The molecule has 2 aromatic carbocycles. The fourth-order valence-electron chi connectivity index (χ4n) is 3.07. The van der Waals surface area contributed by atoms with Gasteiger partial charge in [0.05, 0.1) is 23.2 Å². The minimum absolute atomic E-state index is 0.0504. The van der Waals surface area contributed by atoms with E-state index in [-0.39, 0.29) is 5.91 Å². The summed E-state index contributed by atoms with van der Waals surface area (Å²) >= 11 is 1.59. The summed E-state index contributed by atoms with van der Waals surface area (Å²) in [5.74, 6) is 0.834. The number of anilines is 1. The lowest BCUT2D eigenvalue weighted by Gasteiger charge is -2.21. The van der Waals surface area contributed by atoms with Gasteiger partial charge in [-0.3, -0.25) is 9.69 Å². The second kappa shape index (κ2) is 10.4. The van der Waals surface area contributed by atoms with Crippen molar-refractivity contribution in [1.29, 1.82) is 0 Å². The number of thiazole rings is 1. The van der Waals surface area contributed by atoms with Gasteiger partial charge in [-0.05, 0) is 63.3 Å². The molecule has 0 N–H and O–H groups in total. The number of ether oxygens (including phenoxy) is 1. The highest BCUT2D eigenvalue weighted by Gasteiger charge is 2.19. The van der Waals surface area contributed by atoms with Crippen LogP contribution in [0.15, 0.2) is 48.5 Å². The van der Waals surface area contributed by atoms with Gasteiger partial charge in [0.2, 0.25) is 5.91 Å². The predicted molar refractivity (Wildman–Crippen MR) is 121 cm³/mol. The molecule has 0 saturated heterocycles. The first-order chi connectivity index (χ1) is 14.1. The molecule has 0 aliphatic heterocycles. The van der Waals surface area contributed by atoms with Gasteiger partial charge in [-0.2, -0.15) is 0 Å². The van der Waals surface area contributed by atoms with Crippen LogP contribution < -0.4 is 9.64 Å². The first-order valence-electron chi connectivity index (χ1n) is 10.1. The summed E-state index contributed by atoms with van der Waals surface area (Å²) < 4.78 is 6.85. The van der Waals surface area contributed by atoms with E-state index < -0.39 is 0 Å². The molecular formula is C23H29N3O2S. The summed E-state index contributed by atoms with van der Waals surface area (Å²) in [6.07, 6.45) is 2.22. The molecule has 0 radical (unpaired) electrons. The van der Waals surface area contributed by atoms with E-state index >= 15 is 0 Å². The zero-order chi connectivity index (χ0) is 20.6. The first-order valence-corrected chi connectivity index (χ1v) is 10.9. The van der Waals surface area contributed by atoms with Crippen molar-refractivity contribution in [3.05, 3.63) is 54.1 Å². The van der Waals surface area contributed by atoms with Crippen molar-refractivity contribution in [1.82, 2.24) is 9.88 Å². The van der Waals surface area contributed by atoms with Crippen LogP contribution in [0, 0.1) is 0 Å². The van der Waals surface area contributed by atoms with E-state index in [1.165, 1.54) is 5.56 Å². The standard InChI is InChI=1S/C23H29N3O2S/c1-4-18-11-12-20-21(17-18)29-23(24-20)26(15-8-14-25(2)3)22(27)13-16-28-19-9-6-5-7-10-19/h5-7,9-12,17H,4,8,13-16H2,1-3H3. The van der Waals surface area contributed by atoms with Crippen molar-refractivity contribution in [2.45, 2.75) is 26.2 Å². The number of hydrogen-bond acceptors (Lipinski definition) is 5. The van der Waals surface area contributed by atoms with Crippen LogP contribution in [0.5, 0.6) is 5.75 Å². The van der Waals surface area contributed by atoms with Crippen LogP contribution in [0.2, 0.25) is 0 Å². The fraction of sp³-hybridized carbons (Fsp3) is 0.391. The Hall–Kier alpha value is -2.44. The molecule has 0 aliphatic rings. The van der Waals surface area contributed by atoms with Crippen molar-refractivity contribution in [2.75, 3.05) is 38.7 Å². The molecule has 3 aromatic rings. The molecule has 29 heavy (non-hydrogen) atoms. The maximum absolute atomic E-state index is 13.0. The number of fused-ring (bicyclic) bond motifs is 1. The number of aryl methyl sites for hydroxylation is 1. The molecule has 6 heteroatoms. The highest BCUT2D eigenvalue weighted by molar-refractivity contribution is 7.22. The van der Waals surface area contributed by atoms with Crippen molar-refractivity contribution in [3.63, 3.8) is 0 Å². The maximum atomic E-state index is 13.0. The summed E-state index contributed by atoms with van der Waals surface area (Å²) in [7, 11) is 4.09. The van der Waals surface area contributed by atoms with E-state index in [0.29, 0.717) is 19.6 Å². The summed E-state index contributed by atoms with van der Waals surface area (Å²) in [6.45, 7) is 4.09. The molecular weight excluding hydrogens is 382 g/mol. The molecule has 0 bridgehead atoms. The van der Waals surface area contributed by atoms with Gasteiger partial charge in [-0.25, -0.2) is 4.98 Å². The Bertz CT molecular complexity index is 924. The van der Waals surface area contributed by atoms with Crippen LogP contribution in [-0.4, -0.2) is 49.6 Å². The number of carbonyl (C=O) groups excluding carboxylic acids is 1. The Morgan fingerprint density at radius 2 is 1.90 bits per heavy atom. The Balaban J connectivity index is 1.71. The first kappa shape index (κ1) is 21.3. The molecule has 5 nitrogen and oxygen atoms in total. The molecule has 0 aliphatic carbocycles. The number of rotatable bonds is 10. The normalized spacial score (nSPS) is 11.2. The number of nitrogens with zero attached hydrogens (tertiary/aromatic N) is 3. The van der Waals surface area contributed by atoms with Crippen LogP contribution in [0.25, 0.3) is 10.2 Å². The third-order valence-electron chi connectivity index (χ3n) is 4.70. The lowest BCUT2D eigenvalue weighted by atomic mass is 10.2. The predicted octanol–water partition coefficient (Wildman–Crippen LogP) is 4.61. The number of hydrogen-bond donors (Lipinski definition) is 0. The number of carbonyl (C=O) groups is 1. The molecule has 0 fully saturated rings. The quantitative estimate of drug-likeness (QED) is 0.489. The minimum atomic E-state index is 0.0504. The van der Waals surface area contributed by atoms with E-state index in [2.05, 4.69) is 30.0 Å². The third-order valence-corrected chi connectivity index (χ3v) is 5.74. The number of aromatic nitrogens is 1.